The Labute approximate surface area is 77.5 Å². The predicted molar refractivity (Wildman–Crippen MR) is 52.4 cm³/mol. The second-order valence-corrected chi connectivity index (χ2v) is 4.10. The van der Waals surface area contributed by atoms with Crippen molar-refractivity contribution in [2.75, 3.05) is 20.6 Å². The van der Waals surface area contributed by atoms with Gasteiger partial charge in [0.2, 0.25) is 0 Å². The molecule has 1 aromatic heterocycles. The molecule has 0 aromatic carbocycles. The van der Waals surface area contributed by atoms with Gasteiger partial charge in [-0.15, -0.1) is 11.3 Å². The molecule has 1 aromatic rings. The normalized spacial score (nSPS) is 13.7. The lowest BCUT2D eigenvalue weighted by Gasteiger charge is -2.12. The largest absolute Gasteiger partial charge is 0.388 e. The van der Waals surface area contributed by atoms with Crippen molar-refractivity contribution in [2.24, 2.45) is 0 Å². The van der Waals surface area contributed by atoms with E-state index in [1.54, 1.807) is 11.3 Å². The Balaban J connectivity index is 2.34. The van der Waals surface area contributed by atoms with Gasteiger partial charge in [-0.2, -0.15) is 0 Å². The monoisotopic (exact) mass is 185 g/mol. The van der Waals surface area contributed by atoms with E-state index in [4.69, 9.17) is 0 Å². The van der Waals surface area contributed by atoms with Gasteiger partial charge in [-0.1, -0.05) is 6.07 Å². The molecule has 0 amide bonds. The fourth-order valence-corrected chi connectivity index (χ4v) is 1.75. The van der Waals surface area contributed by atoms with Crippen LogP contribution in [0.25, 0.3) is 0 Å². The number of thiophene rings is 1. The molecule has 1 N–H and O–H groups in total. The van der Waals surface area contributed by atoms with Crippen molar-refractivity contribution in [1.29, 1.82) is 0 Å². The molecule has 3 heteroatoms. The number of hydrogen-bond donors (Lipinski definition) is 1. The summed E-state index contributed by atoms with van der Waals surface area (Å²) in [6.07, 6.45) is 0.528. The van der Waals surface area contributed by atoms with Crippen LogP contribution in [0.1, 0.15) is 17.4 Å². The zero-order valence-electron chi connectivity index (χ0n) is 7.53. The second kappa shape index (κ2) is 4.60. The first-order valence-electron chi connectivity index (χ1n) is 4.06. The molecule has 68 valence electrons. The summed E-state index contributed by atoms with van der Waals surface area (Å²) < 4.78 is 0. The molecule has 0 aliphatic heterocycles. The van der Waals surface area contributed by atoms with Crippen LogP contribution >= 0.6 is 11.3 Å². The minimum Gasteiger partial charge on any atom is -0.388 e. The molecule has 0 spiro atoms. The van der Waals surface area contributed by atoms with Gasteiger partial charge in [0.15, 0.2) is 0 Å². The van der Waals surface area contributed by atoms with E-state index in [0.717, 1.165) is 17.8 Å². The van der Waals surface area contributed by atoms with Gasteiger partial charge >= 0.3 is 0 Å². The topological polar surface area (TPSA) is 23.5 Å². The van der Waals surface area contributed by atoms with E-state index in [0.29, 0.717) is 0 Å². The smallest absolute Gasteiger partial charge is 0.0894 e. The molecule has 0 saturated heterocycles. The average Bonchev–Trinajstić information content (AvgIpc) is 2.51. The molecular formula is C9H15NOS. The average molecular weight is 185 g/mol. The van der Waals surface area contributed by atoms with Crippen molar-refractivity contribution in [3.8, 4) is 0 Å². The number of hydrogen-bond acceptors (Lipinski definition) is 3. The van der Waals surface area contributed by atoms with Crippen LogP contribution < -0.4 is 0 Å². The van der Waals surface area contributed by atoms with Crippen LogP contribution in [0.3, 0.4) is 0 Å². The molecule has 0 aliphatic rings. The quantitative estimate of drug-likeness (QED) is 0.772. The molecule has 0 fully saturated rings. The lowest BCUT2D eigenvalue weighted by Crippen LogP contribution is -2.15. The van der Waals surface area contributed by atoms with Crippen molar-refractivity contribution < 1.29 is 5.11 Å². The van der Waals surface area contributed by atoms with E-state index in [2.05, 4.69) is 4.90 Å². The molecule has 1 atom stereocenters. The number of aliphatic hydroxyl groups is 1. The lowest BCUT2D eigenvalue weighted by atomic mass is 10.2. The summed E-state index contributed by atoms with van der Waals surface area (Å²) in [7, 11) is 4.03. The fourth-order valence-electron chi connectivity index (χ4n) is 1.00. The van der Waals surface area contributed by atoms with Crippen molar-refractivity contribution in [3.63, 3.8) is 0 Å². The highest BCUT2D eigenvalue weighted by Gasteiger charge is 2.07. The first-order valence-corrected chi connectivity index (χ1v) is 4.94. The Kier molecular flexibility index (Phi) is 3.72. The molecule has 0 aliphatic carbocycles. The molecule has 12 heavy (non-hydrogen) atoms. The maximum atomic E-state index is 9.64. The minimum atomic E-state index is -0.285. The summed E-state index contributed by atoms with van der Waals surface area (Å²) >= 11 is 1.61. The van der Waals surface area contributed by atoms with E-state index in [1.165, 1.54) is 0 Å². The first kappa shape index (κ1) is 9.71. The maximum absolute atomic E-state index is 9.64. The van der Waals surface area contributed by atoms with Crippen LogP contribution in [0, 0.1) is 0 Å². The van der Waals surface area contributed by atoms with Crippen LogP contribution in [0.2, 0.25) is 0 Å². The van der Waals surface area contributed by atoms with Crippen molar-refractivity contribution in [3.05, 3.63) is 22.4 Å². The van der Waals surface area contributed by atoms with E-state index in [-0.39, 0.29) is 6.10 Å². The highest BCUT2D eigenvalue weighted by atomic mass is 32.1. The van der Waals surface area contributed by atoms with E-state index in [1.807, 2.05) is 31.6 Å². The summed E-state index contributed by atoms with van der Waals surface area (Å²) in [5.74, 6) is 0. The fraction of sp³-hybridized carbons (Fsp3) is 0.556. The highest BCUT2D eigenvalue weighted by molar-refractivity contribution is 7.10. The van der Waals surface area contributed by atoms with E-state index >= 15 is 0 Å². The van der Waals surface area contributed by atoms with Gasteiger partial charge in [0.25, 0.3) is 0 Å². The molecule has 0 radical (unpaired) electrons. The first-order chi connectivity index (χ1) is 5.70. The van der Waals surface area contributed by atoms with Crippen LogP contribution in [0.5, 0.6) is 0 Å². The molecule has 0 bridgehead atoms. The Bertz CT molecular complexity index is 208. The standard InChI is InChI=1S/C9H15NOS/c1-10(2)6-5-8(11)9-4-3-7-12-9/h3-4,7-8,11H,5-6H2,1-2H3/t8-/m0/s1. The summed E-state index contributed by atoms with van der Waals surface area (Å²) in [6.45, 7) is 0.930. The van der Waals surface area contributed by atoms with Gasteiger partial charge < -0.3 is 10.0 Å². The highest BCUT2D eigenvalue weighted by Crippen LogP contribution is 2.21. The Morgan fingerprint density at radius 1 is 1.58 bits per heavy atom. The van der Waals surface area contributed by atoms with Crippen LogP contribution in [-0.2, 0) is 0 Å². The molecule has 1 rings (SSSR count). The SMILES string of the molecule is CN(C)CC[C@H](O)c1cccs1. The van der Waals surface area contributed by atoms with Crippen molar-refractivity contribution >= 4 is 11.3 Å². The van der Waals surface area contributed by atoms with Gasteiger partial charge in [-0.25, -0.2) is 0 Å². The van der Waals surface area contributed by atoms with Crippen LogP contribution in [0.4, 0.5) is 0 Å². The van der Waals surface area contributed by atoms with Gasteiger partial charge in [0.05, 0.1) is 6.10 Å². The van der Waals surface area contributed by atoms with Gasteiger partial charge in [-0.05, 0) is 32.0 Å². The van der Waals surface area contributed by atoms with Crippen LogP contribution in [0.15, 0.2) is 17.5 Å². The van der Waals surface area contributed by atoms with E-state index < -0.39 is 0 Å². The third kappa shape index (κ3) is 2.93. The molecule has 0 saturated carbocycles. The van der Waals surface area contributed by atoms with Crippen molar-refractivity contribution in [2.45, 2.75) is 12.5 Å². The van der Waals surface area contributed by atoms with Gasteiger partial charge in [0.1, 0.15) is 0 Å². The number of rotatable bonds is 4. The third-order valence-electron chi connectivity index (χ3n) is 1.72. The van der Waals surface area contributed by atoms with Gasteiger partial charge in [0, 0.05) is 11.4 Å². The maximum Gasteiger partial charge on any atom is 0.0894 e. The zero-order valence-corrected chi connectivity index (χ0v) is 8.34. The van der Waals surface area contributed by atoms with E-state index in [9.17, 15) is 5.11 Å². The summed E-state index contributed by atoms with van der Waals surface area (Å²) in [5, 5.41) is 11.6. The summed E-state index contributed by atoms with van der Waals surface area (Å²) in [6, 6.07) is 3.95. The predicted octanol–water partition coefficient (Wildman–Crippen LogP) is 1.73. The Morgan fingerprint density at radius 2 is 2.33 bits per heavy atom. The van der Waals surface area contributed by atoms with Gasteiger partial charge in [-0.3, -0.25) is 0 Å². The van der Waals surface area contributed by atoms with Crippen molar-refractivity contribution in [1.82, 2.24) is 4.90 Å². The molecule has 0 unspecified atom stereocenters. The van der Waals surface area contributed by atoms with Crippen LogP contribution in [-0.4, -0.2) is 30.6 Å². The Hall–Kier alpha value is -0.380. The lowest BCUT2D eigenvalue weighted by molar-refractivity contribution is 0.158. The molecule has 2 nitrogen and oxygen atoms in total. The summed E-state index contributed by atoms with van der Waals surface area (Å²) in [4.78, 5) is 3.15. The minimum absolute atomic E-state index is 0.285. The third-order valence-corrected chi connectivity index (χ3v) is 2.69. The summed E-state index contributed by atoms with van der Waals surface area (Å²) in [5.41, 5.74) is 0. The second-order valence-electron chi connectivity index (χ2n) is 3.12. The molecule has 1 heterocycles. The Morgan fingerprint density at radius 3 is 2.83 bits per heavy atom. The zero-order chi connectivity index (χ0) is 8.97. The molecular weight excluding hydrogens is 170 g/mol. The number of aliphatic hydroxyl groups excluding tert-OH is 1. The number of nitrogens with zero attached hydrogens (tertiary/aromatic N) is 1.